The highest BCUT2D eigenvalue weighted by Crippen LogP contribution is 2.29. The Kier molecular flexibility index (Phi) is 4.23. The quantitative estimate of drug-likeness (QED) is 0.759. The summed E-state index contributed by atoms with van der Waals surface area (Å²) in [6.45, 7) is 2.64. The molecule has 0 fully saturated rings. The van der Waals surface area contributed by atoms with Crippen LogP contribution in [0.15, 0.2) is 36.7 Å². The highest BCUT2D eigenvalue weighted by Gasteiger charge is 2.15. The topological polar surface area (TPSA) is 79.9 Å². The first kappa shape index (κ1) is 15.0. The SMILES string of the molecule is CCCNC(=O)c1c[nH]c2ncc(-c3ccccc3OC)nc12. The zero-order chi connectivity index (χ0) is 16.2. The molecule has 0 unspecified atom stereocenters. The molecule has 0 spiro atoms. The molecule has 1 amide bonds. The van der Waals surface area contributed by atoms with Gasteiger partial charge in [0.1, 0.15) is 11.3 Å². The van der Waals surface area contributed by atoms with Crippen molar-refractivity contribution >= 4 is 17.1 Å². The summed E-state index contributed by atoms with van der Waals surface area (Å²) < 4.78 is 5.37. The molecule has 1 aromatic carbocycles. The summed E-state index contributed by atoms with van der Waals surface area (Å²) >= 11 is 0. The number of fused-ring (bicyclic) bond motifs is 1. The molecule has 3 aromatic rings. The van der Waals surface area contributed by atoms with E-state index in [1.54, 1.807) is 19.5 Å². The van der Waals surface area contributed by atoms with Crippen molar-refractivity contribution in [3.8, 4) is 17.0 Å². The third-order valence-corrected chi connectivity index (χ3v) is 3.54. The molecule has 0 atom stereocenters. The summed E-state index contributed by atoms with van der Waals surface area (Å²) in [6.07, 6.45) is 4.19. The second-order valence-corrected chi connectivity index (χ2v) is 5.11. The standard InChI is InChI=1S/C17H18N4O2/c1-3-8-18-17(22)12-9-19-16-15(12)21-13(10-20-16)11-6-4-5-7-14(11)23-2/h4-7,9-10H,3,8H2,1-2H3,(H,18,22)(H,19,20). The van der Waals surface area contributed by atoms with Gasteiger partial charge in [-0.05, 0) is 18.6 Å². The minimum absolute atomic E-state index is 0.149. The minimum Gasteiger partial charge on any atom is -0.496 e. The van der Waals surface area contributed by atoms with Crippen LogP contribution in [0, 0.1) is 0 Å². The van der Waals surface area contributed by atoms with Gasteiger partial charge in [-0.1, -0.05) is 19.1 Å². The second-order valence-electron chi connectivity index (χ2n) is 5.11. The average Bonchev–Trinajstić information content (AvgIpc) is 3.02. The lowest BCUT2D eigenvalue weighted by Crippen LogP contribution is -2.23. The van der Waals surface area contributed by atoms with E-state index in [1.165, 1.54) is 0 Å². The van der Waals surface area contributed by atoms with E-state index in [0.29, 0.717) is 34.7 Å². The average molecular weight is 310 g/mol. The monoisotopic (exact) mass is 310 g/mol. The molecule has 3 rings (SSSR count). The van der Waals surface area contributed by atoms with Crippen molar-refractivity contribution in [2.45, 2.75) is 13.3 Å². The molecule has 0 aliphatic rings. The first-order valence-electron chi connectivity index (χ1n) is 7.50. The molecular formula is C17H18N4O2. The zero-order valence-corrected chi connectivity index (χ0v) is 13.1. The first-order valence-corrected chi connectivity index (χ1v) is 7.50. The fraction of sp³-hybridized carbons (Fsp3) is 0.235. The maximum absolute atomic E-state index is 12.2. The predicted octanol–water partition coefficient (Wildman–Crippen LogP) is 2.77. The summed E-state index contributed by atoms with van der Waals surface area (Å²) in [6, 6.07) is 7.59. The molecule has 6 heteroatoms. The summed E-state index contributed by atoms with van der Waals surface area (Å²) in [4.78, 5) is 24.2. The van der Waals surface area contributed by atoms with Gasteiger partial charge >= 0.3 is 0 Å². The Hall–Kier alpha value is -2.89. The van der Waals surface area contributed by atoms with Crippen molar-refractivity contribution in [3.63, 3.8) is 0 Å². The highest BCUT2D eigenvalue weighted by atomic mass is 16.5. The Morgan fingerprint density at radius 3 is 2.96 bits per heavy atom. The van der Waals surface area contributed by atoms with Crippen LogP contribution in [0.1, 0.15) is 23.7 Å². The number of hydrogen-bond donors (Lipinski definition) is 2. The van der Waals surface area contributed by atoms with E-state index in [4.69, 9.17) is 4.74 Å². The van der Waals surface area contributed by atoms with Gasteiger partial charge in [-0.2, -0.15) is 0 Å². The van der Waals surface area contributed by atoms with E-state index in [0.717, 1.165) is 12.0 Å². The summed E-state index contributed by atoms with van der Waals surface area (Å²) in [5.74, 6) is 0.568. The number of benzene rings is 1. The van der Waals surface area contributed by atoms with Crippen LogP contribution in [0.4, 0.5) is 0 Å². The van der Waals surface area contributed by atoms with Gasteiger partial charge in [0.25, 0.3) is 5.91 Å². The number of carbonyl (C=O) groups excluding carboxylic acids is 1. The zero-order valence-electron chi connectivity index (χ0n) is 13.1. The smallest absolute Gasteiger partial charge is 0.255 e. The van der Waals surface area contributed by atoms with Crippen molar-refractivity contribution in [2.75, 3.05) is 13.7 Å². The van der Waals surface area contributed by atoms with Crippen molar-refractivity contribution < 1.29 is 9.53 Å². The minimum atomic E-state index is -0.149. The number of nitrogens with one attached hydrogen (secondary N) is 2. The van der Waals surface area contributed by atoms with Gasteiger partial charge in [0.05, 0.1) is 24.6 Å². The Bertz CT molecular complexity index is 841. The van der Waals surface area contributed by atoms with E-state index >= 15 is 0 Å². The van der Waals surface area contributed by atoms with Gasteiger partial charge in [-0.3, -0.25) is 4.79 Å². The van der Waals surface area contributed by atoms with E-state index in [1.807, 2.05) is 31.2 Å². The van der Waals surface area contributed by atoms with Gasteiger partial charge in [0, 0.05) is 18.3 Å². The Labute approximate surface area is 133 Å². The number of H-pyrrole nitrogens is 1. The number of para-hydroxylation sites is 1. The number of aromatic nitrogens is 3. The number of aromatic amines is 1. The number of rotatable bonds is 5. The molecule has 0 aliphatic heterocycles. The van der Waals surface area contributed by atoms with Crippen LogP contribution in [0.3, 0.4) is 0 Å². The van der Waals surface area contributed by atoms with Crippen molar-refractivity contribution in [2.24, 2.45) is 0 Å². The largest absolute Gasteiger partial charge is 0.496 e. The van der Waals surface area contributed by atoms with Crippen LogP contribution >= 0.6 is 0 Å². The molecule has 0 saturated heterocycles. The van der Waals surface area contributed by atoms with E-state index in [-0.39, 0.29) is 5.91 Å². The lowest BCUT2D eigenvalue weighted by molar-refractivity contribution is 0.0955. The molecule has 0 saturated carbocycles. The third kappa shape index (κ3) is 2.88. The number of hydrogen-bond acceptors (Lipinski definition) is 4. The lowest BCUT2D eigenvalue weighted by atomic mass is 10.1. The summed E-state index contributed by atoms with van der Waals surface area (Å²) in [5.41, 5.74) is 3.15. The normalized spacial score (nSPS) is 10.7. The number of ether oxygens (including phenoxy) is 1. The molecule has 2 aromatic heterocycles. The first-order chi connectivity index (χ1) is 11.2. The maximum Gasteiger partial charge on any atom is 0.255 e. The maximum atomic E-state index is 12.2. The van der Waals surface area contributed by atoms with Crippen LogP contribution in [-0.4, -0.2) is 34.5 Å². The molecule has 0 radical (unpaired) electrons. The van der Waals surface area contributed by atoms with Crippen LogP contribution < -0.4 is 10.1 Å². The number of amides is 1. The van der Waals surface area contributed by atoms with E-state index in [9.17, 15) is 4.79 Å². The lowest BCUT2D eigenvalue weighted by Gasteiger charge is -2.07. The van der Waals surface area contributed by atoms with Gasteiger partial charge in [0.15, 0.2) is 5.65 Å². The van der Waals surface area contributed by atoms with Crippen LogP contribution in [0.5, 0.6) is 5.75 Å². The summed E-state index contributed by atoms with van der Waals surface area (Å²) in [5, 5.41) is 2.86. The second kappa shape index (κ2) is 6.48. The summed E-state index contributed by atoms with van der Waals surface area (Å²) in [7, 11) is 1.62. The Balaban J connectivity index is 2.06. The molecular weight excluding hydrogens is 292 g/mol. The Morgan fingerprint density at radius 2 is 2.17 bits per heavy atom. The van der Waals surface area contributed by atoms with Gasteiger partial charge < -0.3 is 15.0 Å². The van der Waals surface area contributed by atoms with Gasteiger partial charge in [0.2, 0.25) is 0 Å². The van der Waals surface area contributed by atoms with Gasteiger partial charge in [-0.25, -0.2) is 9.97 Å². The highest BCUT2D eigenvalue weighted by molar-refractivity contribution is 6.04. The van der Waals surface area contributed by atoms with Gasteiger partial charge in [-0.15, -0.1) is 0 Å². The molecule has 118 valence electrons. The fourth-order valence-corrected chi connectivity index (χ4v) is 2.38. The van der Waals surface area contributed by atoms with Crippen LogP contribution in [0.25, 0.3) is 22.4 Å². The van der Waals surface area contributed by atoms with E-state index < -0.39 is 0 Å². The number of carbonyl (C=O) groups is 1. The molecule has 6 nitrogen and oxygen atoms in total. The van der Waals surface area contributed by atoms with E-state index in [2.05, 4.69) is 20.3 Å². The van der Waals surface area contributed by atoms with Crippen LogP contribution in [-0.2, 0) is 0 Å². The molecule has 2 N–H and O–H groups in total. The van der Waals surface area contributed by atoms with Crippen molar-refractivity contribution in [3.05, 3.63) is 42.2 Å². The van der Waals surface area contributed by atoms with Crippen LogP contribution in [0.2, 0.25) is 0 Å². The fourth-order valence-electron chi connectivity index (χ4n) is 2.38. The number of methoxy groups -OCH3 is 1. The van der Waals surface area contributed by atoms with Crippen molar-refractivity contribution in [1.82, 2.24) is 20.3 Å². The molecule has 0 aliphatic carbocycles. The Morgan fingerprint density at radius 1 is 1.35 bits per heavy atom. The molecule has 0 bridgehead atoms. The molecule has 23 heavy (non-hydrogen) atoms. The molecule has 2 heterocycles. The predicted molar refractivity (Wildman–Crippen MR) is 88.5 cm³/mol. The van der Waals surface area contributed by atoms with Crippen molar-refractivity contribution in [1.29, 1.82) is 0 Å². The third-order valence-electron chi connectivity index (χ3n) is 3.54. The number of nitrogens with zero attached hydrogens (tertiary/aromatic N) is 2.